The van der Waals surface area contributed by atoms with Crippen LogP contribution in [-0.2, 0) is 0 Å². The van der Waals surface area contributed by atoms with E-state index in [4.69, 9.17) is 9.84 Å². The topological polar surface area (TPSA) is 29.5 Å². The van der Waals surface area contributed by atoms with Gasteiger partial charge < -0.3 is 9.84 Å². The first-order valence-corrected chi connectivity index (χ1v) is 10.9. The van der Waals surface area contributed by atoms with E-state index in [0.717, 1.165) is 37.0 Å². The van der Waals surface area contributed by atoms with E-state index in [-0.39, 0.29) is 6.61 Å². The second-order valence-electron chi connectivity index (χ2n) is 7.53. The summed E-state index contributed by atoms with van der Waals surface area (Å²) in [6, 6.07) is 13.6. The zero-order valence-corrected chi connectivity index (χ0v) is 18.6. The number of halogens is 5. The standard InChI is InChI=1S/C28H21F5O2/c29-24-23(25(30)27(32)28(33)26(24)31)16-13-20-8-5-19(6-9-20)7-10-21-11-14-22(15-12-21)35-18-4-2-1-3-17-34/h5-6,8-9,11-12,14-15,34H,1-4,17-18H2. The smallest absolute Gasteiger partial charge is 0.200 e. The average molecular weight is 484 g/mol. The van der Waals surface area contributed by atoms with Crippen LogP contribution in [0.15, 0.2) is 48.5 Å². The van der Waals surface area contributed by atoms with Gasteiger partial charge in [0, 0.05) is 23.3 Å². The summed E-state index contributed by atoms with van der Waals surface area (Å²) < 4.78 is 72.8. The van der Waals surface area contributed by atoms with E-state index in [1.54, 1.807) is 12.1 Å². The lowest BCUT2D eigenvalue weighted by Gasteiger charge is -2.05. The fourth-order valence-corrected chi connectivity index (χ4v) is 3.02. The number of hydrogen-bond acceptors (Lipinski definition) is 2. The monoisotopic (exact) mass is 484 g/mol. The third-order valence-electron chi connectivity index (χ3n) is 4.95. The van der Waals surface area contributed by atoms with Gasteiger partial charge in [0.05, 0.1) is 6.61 Å². The maximum atomic E-state index is 13.7. The Labute approximate surface area is 200 Å². The van der Waals surface area contributed by atoms with Crippen molar-refractivity contribution in [1.29, 1.82) is 0 Å². The van der Waals surface area contributed by atoms with E-state index < -0.39 is 34.6 Å². The molecule has 0 aromatic heterocycles. The Balaban J connectivity index is 1.61. The highest BCUT2D eigenvalue weighted by Crippen LogP contribution is 2.22. The first-order valence-electron chi connectivity index (χ1n) is 10.9. The van der Waals surface area contributed by atoms with Gasteiger partial charge in [0.15, 0.2) is 23.3 Å². The lowest BCUT2D eigenvalue weighted by atomic mass is 10.1. The van der Waals surface area contributed by atoms with Crippen molar-refractivity contribution in [3.05, 3.63) is 99.9 Å². The molecule has 0 saturated heterocycles. The van der Waals surface area contributed by atoms with Gasteiger partial charge >= 0.3 is 0 Å². The van der Waals surface area contributed by atoms with Crippen molar-refractivity contribution in [2.24, 2.45) is 0 Å². The van der Waals surface area contributed by atoms with E-state index >= 15 is 0 Å². The van der Waals surface area contributed by atoms with Crippen LogP contribution < -0.4 is 4.74 Å². The van der Waals surface area contributed by atoms with Crippen LogP contribution in [0.4, 0.5) is 22.0 Å². The van der Waals surface area contributed by atoms with Crippen LogP contribution in [0.2, 0.25) is 0 Å². The van der Waals surface area contributed by atoms with Gasteiger partial charge in [-0.25, -0.2) is 22.0 Å². The lowest BCUT2D eigenvalue weighted by molar-refractivity contribution is 0.273. The summed E-state index contributed by atoms with van der Waals surface area (Å²) in [5.41, 5.74) is 0.558. The minimum Gasteiger partial charge on any atom is -0.494 e. The molecule has 0 aliphatic heterocycles. The molecule has 1 N–H and O–H groups in total. The zero-order chi connectivity index (χ0) is 25.2. The van der Waals surface area contributed by atoms with Crippen LogP contribution in [0.5, 0.6) is 5.75 Å². The van der Waals surface area contributed by atoms with Crippen LogP contribution in [0.3, 0.4) is 0 Å². The molecule has 0 radical (unpaired) electrons. The number of unbranched alkanes of at least 4 members (excludes halogenated alkanes) is 3. The second-order valence-corrected chi connectivity index (χ2v) is 7.53. The first-order chi connectivity index (χ1) is 16.9. The van der Waals surface area contributed by atoms with Gasteiger partial charge in [-0.3, -0.25) is 0 Å². The summed E-state index contributed by atoms with van der Waals surface area (Å²) in [5.74, 6) is 0.905. The summed E-state index contributed by atoms with van der Waals surface area (Å²) in [4.78, 5) is 0. The molecule has 3 aromatic rings. The molecule has 3 rings (SSSR count). The lowest BCUT2D eigenvalue weighted by Crippen LogP contribution is -2.04. The summed E-state index contributed by atoms with van der Waals surface area (Å²) >= 11 is 0. The SMILES string of the molecule is OCCCCCCOc1ccc(C#Cc2ccc(C#Cc3c(F)c(F)c(F)c(F)c3F)cc2)cc1. The second kappa shape index (κ2) is 12.6. The number of benzene rings is 3. The number of aliphatic hydroxyl groups excluding tert-OH is 1. The molecule has 0 spiro atoms. The van der Waals surface area contributed by atoms with E-state index in [0.29, 0.717) is 17.7 Å². The Hall–Kier alpha value is -3.81. The molecule has 180 valence electrons. The summed E-state index contributed by atoms with van der Waals surface area (Å²) in [5, 5.41) is 8.75. The summed E-state index contributed by atoms with van der Waals surface area (Å²) in [7, 11) is 0. The highest BCUT2D eigenvalue weighted by molar-refractivity contribution is 5.49. The molecular formula is C28H21F5O2. The van der Waals surface area contributed by atoms with E-state index in [1.165, 1.54) is 12.1 Å². The molecule has 0 fully saturated rings. The van der Waals surface area contributed by atoms with E-state index in [2.05, 4.69) is 17.8 Å². The van der Waals surface area contributed by atoms with Crippen LogP contribution in [0.1, 0.15) is 47.9 Å². The number of aliphatic hydroxyl groups is 1. The predicted molar refractivity (Wildman–Crippen MR) is 122 cm³/mol. The Bertz CT molecular complexity index is 1250. The third-order valence-corrected chi connectivity index (χ3v) is 4.95. The Kier molecular flexibility index (Phi) is 9.29. The maximum absolute atomic E-state index is 13.7. The molecular weight excluding hydrogens is 463 g/mol. The van der Waals surface area contributed by atoms with Crippen molar-refractivity contribution in [3.8, 4) is 29.4 Å². The molecule has 0 saturated carbocycles. The predicted octanol–water partition coefficient (Wildman–Crippen LogP) is 6.11. The van der Waals surface area contributed by atoms with Gasteiger partial charge in [-0.1, -0.05) is 30.1 Å². The normalized spacial score (nSPS) is 10.2. The minimum absolute atomic E-state index is 0.214. The Morgan fingerprint density at radius 1 is 0.543 bits per heavy atom. The molecule has 3 aromatic carbocycles. The number of hydrogen-bond donors (Lipinski definition) is 1. The Morgan fingerprint density at radius 3 is 1.49 bits per heavy atom. The molecule has 2 nitrogen and oxygen atoms in total. The quantitative estimate of drug-likeness (QED) is 0.144. The van der Waals surface area contributed by atoms with Gasteiger partial charge in [0.2, 0.25) is 5.82 Å². The molecule has 0 bridgehead atoms. The van der Waals surface area contributed by atoms with Crippen molar-refractivity contribution in [3.63, 3.8) is 0 Å². The zero-order valence-electron chi connectivity index (χ0n) is 18.6. The molecule has 0 aliphatic rings. The number of ether oxygens (including phenoxy) is 1. The molecule has 0 atom stereocenters. The molecule has 35 heavy (non-hydrogen) atoms. The van der Waals surface area contributed by atoms with Crippen LogP contribution >= 0.6 is 0 Å². The van der Waals surface area contributed by atoms with Crippen molar-refractivity contribution >= 4 is 0 Å². The van der Waals surface area contributed by atoms with Crippen LogP contribution in [0, 0.1) is 52.8 Å². The molecule has 0 aliphatic carbocycles. The molecule has 7 heteroatoms. The van der Waals surface area contributed by atoms with Crippen molar-refractivity contribution in [1.82, 2.24) is 0 Å². The average Bonchev–Trinajstić information content (AvgIpc) is 2.88. The fourth-order valence-electron chi connectivity index (χ4n) is 3.02. The maximum Gasteiger partial charge on any atom is 0.200 e. The van der Waals surface area contributed by atoms with E-state index in [9.17, 15) is 22.0 Å². The van der Waals surface area contributed by atoms with E-state index in [1.807, 2.05) is 30.2 Å². The molecule has 0 amide bonds. The fraction of sp³-hybridized carbons (Fsp3) is 0.214. The number of rotatable bonds is 7. The largest absolute Gasteiger partial charge is 0.494 e. The molecule has 0 heterocycles. The van der Waals surface area contributed by atoms with Gasteiger partial charge in [0.1, 0.15) is 11.3 Å². The summed E-state index contributed by atoms with van der Waals surface area (Å²) in [6.07, 6.45) is 3.71. The van der Waals surface area contributed by atoms with Gasteiger partial charge in [0.25, 0.3) is 0 Å². The first kappa shape index (κ1) is 25.8. The molecule has 0 unspecified atom stereocenters. The van der Waals surface area contributed by atoms with Gasteiger partial charge in [-0.05, 0) is 67.8 Å². The minimum atomic E-state index is -2.22. The highest BCUT2D eigenvalue weighted by atomic mass is 19.2. The van der Waals surface area contributed by atoms with Crippen molar-refractivity contribution < 1.29 is 31.8 Å². The van der Waals surface area contributed by atoms with Gasteiger partial charge in [-0.2, -0.15) is 0 Å². The summed E-state index contributed by atoms with van der Waals surface area (Å²) in [6.45, 7) is 0.822. The van der Waals surface area contributed by atoms with Gasteiger partial charge in [-0.15, -0.1) is 0 Å². The van der Waals surface area contributed by atoms with Crippen LogP contribution in [-0.4, -0.2) is 18.3 Å². The van der Waals surface area contributed by atoms with Crippen molar-refractivity contribution in [2.45, 2.75) is 25.7 Å². The highest BCUT2D eigenvalue weighted by Gasteiger charge is 2.24. The Morgan fingerprint density at radius 2 is 0.971 bits per heavy atom. The van der Waals surface area contributed by atoms with Crippen molar-refractivity contribution in [2.75, 3.05) is 13.2 Å². The third kappa shape index (κ3) is 7.09. The van der Waals surface area contributed by atoms with Crippen LogP contribution in [0.25, 0.3) is 0 Å².